The molecule has 3 N–H and O–H groups in total. The van der Waals surface area contributed by atoms with Crippen molar-refractivity contribution in [2.24, 2.45) is 10.9 Å². The van der Waals surface area contributed by atoms with Crippen LogP contribution in [-0.2, 0) is 10.3 Å². The summed E-state index contributed by atoms with van der Waals surface area (Å²) >= 11 is 1.48. The Bertz CT molecular complexity index is 717. The highest BCUT2D eigenvalue weighted by molar-refractivity contribution is 8.13. The van der Waals surface area contributed by atoms with E-state index in [1.807, 2.05) is 0 Å². The van der Waals surface area contributed by atoms with Crippen LogP contribution in [0.3, 0.4) is 0 Å². The summed E-state index contributed by atoms with van der Waals surface area (Å²) < 4.78 is 19.9. The van der Waals surface area contributed by atoms with Crippen LogP contribution in [0.1, 0.15) is 45.6 Å². The molecule has 0 aromatic heterocycles. The number of nitrogens with zero attached hydrogens (tertiary/aromatic N) is 1. The van der Waals surface area contributed by atoms with Crippen LogP contribution in [0.25, 0.3) is 0 Å². The number of halogens is 1. The maximum Gasteiger partial charge on any atom is 0.413 e. The van der Waals surface area contributed by atoms with E-state index in [0.29, 0.717) is 16.4 Å². The van der Waals surface area contributed by atoms with Crippen LogP contribution in [0.5, 0.6) is 0 Å². The van der Waals surface area contributed by atoms with Crippen molar-refractivity contribution < 1.29 is 13.9 Å². The number of nitrogens with two attached hydrogens (primary N) is 1. The van der Waals surface area contributed by atoms with Crippen LogP contribution in [0.2, 0.25) is 0 Å². The molecular formula is C18H24FN3O2S. The summed E-state index contributed by atoms with van der Waals surface area (Å²) in [6.45, 7) is 5.41. The standard InChI is InChI=1S/C18H24FN3O2S/c1-17(2,3)24-16(23)21-15-22-18(8-4-5-11(18)10-25-15)13-9-12(20)6-7-14(13)19/h6-7,9,11H,4-5,8,10,20H2,1-3H3,(H,21,22,23)/t11?,18-/m1/s1. The maximum absolute atomic E-state index is 14.6. The fourth-order valence-corrected chi connectivity index (χ4v) is 4.75. The van der Waals surface area contributed by atoms with Gasteiger partial charge in [-0.25, -0.2) is 9.18 Å². The lowest BCUT2D eigenvalue weighted by Gasteiger charge is -2.37. The highest BCUT2D eigenvalue weighted by Gasteiger charge is 2.48. The second-order valence-corrected chi connectivity index (χ2v) is 8.62. The summed E-state index contributed by atoms with van der Waals surface area (Å²) in [5, 5.41) is 3.20. The number of alkyl carbamates (subject to hydrolysis) is 1. The van der Waals surface area contributed by atoms with Gasteiger partial charge in [0.15, 0.2) is 5.17 Å². The Kier molecular flexibility index (Phi) is 4.70. The quantitative estimate of drug-likeness (QED) is 0.737. The molecule has 2 atom stereocenters. The predicted molar refractivity (Wildman–Crippen MR) is 99.1 cm³/mol. The Hall–Kier alpha value is -1.76. The monoisotopic (exact) mass is 365 g/mol. The van der Waals surface area contributed by atoms with E-state index in [2.05, 4.69) is 5.32 Å². The summed E-state index contributed by atoms with van der Waals surface area (Å²) in [6, 6.07) is 4.63. The second-order valence-electron chi connectivity index (χ2n) is 7.61. The second kappa shape index (κ2) is 6.52. The number of amidine groups is 1. The molecule has 1 aliphatic carbocycles. The van der Waals surface area contributed by atoms with Crippen molar-refractivity contribution in [1.29, 1.82) is 0 Å². The Morgan fingerprint density at radius 1 is 1.48 bits per heavy atom. The van der Waals surface area contributed by atoms with Crippen molar-refractivity contribution in [1.82, 2.24) is 5.32 Å². The third-order valence-corrected chi connectivity index (χ3v) is 5.61. The van der Waals surface area contributed by atoms with E-state index in [4.69, 9.17) is 15.5 Å². The topological polar surface area (TPSA) is 76.7 Å². The number of anilines is 1. The molecule has 1 fully saturated rings. The minimum Gasteiger partial charge on any atom is -0.444 e. The van der Waals surface area contributed by atoms with Crippen LogP contribution >= 0.6 is 11.8 Å². The summed E-state index contributed by atoms with van der Waals surface area (Å²) in [5.74, 6) is 0.717. The lowest BCUT2D eigenvalue weighted by Crippen LogP contribution is -2.42. The van der Waals surface area contributed by atoms with Gasteiger partial charge >= 0.3 is 6.09 Å². The van der Waals surface area contributed by atoms with Crippen LogP contribution < -0.4 is 11.1 Å². The number of hydrogen-bond acceptors (Lipinski definition) is 5. The molecule has 7 heteroatoms. The van der Waals surface area contributed by atoms with Crippen LogP contribution in [-0.4, -0.2) is 22.6 Å². The SMILES string of the molecule is CC(C)(C)OC(=O)NC1=N[C@]2(c3cc(N)ccc3F)CCCC2CS1. The minimum absolute atomic E-state index is 0.234. The zero-order valence-corrected chi connectivity index (χ0v) is 15.6. The molecule has 0 spiro atoms. The van der Waals surface area contributed by atoms with Gasteiger partial charge in [-0.15, -0.1) is 0 Å². The fraction of sp³-hybridized carbons (Fsp3) is 0.556. The van der Waals surface area contributed by atoms with E-state index in [0.717, 1.165) is 25.0 Å². The van der Waals surface area contributed by atoms with Gasteiger partial charge in [0.2, 0.25) is 0 Å². The molecule has 2 aliphatic rings. The molecule has 0 bridgehead atoms. The van der Waals surface area contributed by atoms with E-state index in [1.165, 1.54) is 17.8 Å². The number of rotatable bonds is 1. The number of carbonyl (C=O) groups is 1. The Labute approximate surface area is 151 Å². The van der Waals surface area contributed by atoms with Gasteiger partial charge in [-0.1, -0.05) is 18.2 Å². The minimum atomic E-state index is -0.658. The zero-order valence-electron chi connectivity index (χ0n) is 14.8. The lowest BCUT2D eigenvalue weighted by molar-refractivity contribution is 0.0564. The summed E-state index contributed by atoms with van der Waals surface area (Å²) in [5.41, 5.74) is 5.69. The van der Waals surface area contributed by atoms with Crippen molar-refractivity contribution in [3.8, 4) is 0 Å². The van der Waals surface area contributed by atoms with Gasteiger partial charge in [0.1, 0.15) is 11.4 Å². The molecule has 0 saturated heterocycles. The summed E-state index contributed by atoms with van der Waals surface area (Å²) in [7, 11) is 0. The first-order valence-electron chi connectivity index (χ1n) is 8.48. The van der Waals surface area contributed by atoms with Gasteiger partial charge in [0, 0.05) is 17.0 Å². The molecule has 25 heavy (non-hydrogen) atoms. The first kappa shape index (κ1) is 18.0. The van der Waals surface area contributed by atoms with Gasteiger partial charge < -0.3 is 10.5 Å². The zero-order chi connectivity index (χ0) is 18.2. The molecule has 1 unspecified atom stereocenters. The third kappa shape index (κ3) is 3.76. The molecule has 1 saturated carbocycles. The largest absolute Gasteiger partial charge is 0.444 e. The van der Waals surface area contributed by atoms with E-state index < -0.39 is 17.2 Å². The Balaban J connectivity index is 1.93. The summed E-state index contributed by atoms with van der Waals surface area (Å²) in [4.78, 5) is 16.8. The molecule has 1 aromatic carbocycles. The number of hydrogen-bond donors (Lipinski definition) is 2. The normalized spacial score (nSPS) is 25.9. The van der Waals surface area contributed by atoms with Gasteiger partial charge in [0.05, 0.1) is 5.54 Å². The van der Waals surface area contributed by atoms with Gasteiger partial charge in [-0.05, 0) is 57.7 Å². The van der Waals surface area contributed by atoms with E-state index >= 15 is 0 Å². The molecule has 0 radical (unpaired) electrons. The van der Waals surface area contributed by atoms with Crippen LogP contribution in [0.15, 0.2) is 23.2 Å². The van der Waals surface area contributed by atoms with E-state index in [9.17, 15) is 9.18 Å². The molecular weight excluding hydrogens is 341 g/mol. The van der Waals surface area contributed by atoms with E-state index in [1.54, 1.807) is 32.9 Å². The first-order chi connectivity index (χ1) is 11.7. The number of nitrogens with one attached hydrogen (secondary N) is 1. The van der Waals surface area contributed by atoms with Gasteiger partial charge in [0.25, 0.3) is 0 Å². The molecule has 1 heterocycles. The number of aliphatic imine (C=N–C) groups is 1. The summed E-state index contributed by atoms with van der Waals surface area (Å²) in [6.07, 6.45) is 2.17. The van der Waals surface area contributed by atoms with Crippen LogP contribution in [0.4, 0.5) is 14.9 Å². The number of thioether (sulfide) groups is 1. The van der Waals surface area contributed by atoms with Crippen molar-refractivity contribution >= 4 is 28.7 Å². The molecule has 3 rings (SSSR count). The molecule has 1 amide bonds. The number of nitrogen functional groups attached to an aromatic ring is 1. The van der Waals surface area contributed by atoms with Crippen LogP contribution in [0, 0.1) is 11.7 Å². The van der Waals surface area contributed by atoms with Crippen molar-refractivity contribution in [3.05, 3.63) is 29.6 Å². The smallest absolute Gasteiger partial charge is 0.413 e. The molecule has 1 aromatic rings. The van der Waals surface area contributed by atoms with E-state index in [-0.39, 0.29) is 11.7 Å². The Morgan fingerprint density at radius 3 is 2.96 bits per heavy atom. The van der Waals surface area contributed by atoms with Gasteiger partial charge in [-0.2, -0.15) is 0 Å². The number of fused-ring (bicyclic) bond motifs is 1. The average Bonchev–Trinajstić information content (AvgIpc) is 2.91. The fourth-order valence-electron chi connectivity index (χ4n) is 3.57. The third-order valence-electron chi connectivity index (χ3n) is 4.57. The first-order valence-corrected chi connectivity index (χ1v) is 9.46. The molecule has 136 valence electrons. The average molecular weight is 365 g/mol. The molecule has 5 nitrogen and oxygen atoms in total. The number of carbonyl (C=O) groups excluding carboxylic acids is 1. The van der Waals surface area contributed by atoms with Crippen molar-refractivity contribution in [2.75, 3.05) is 11.5 Å². The highest BCUT2D eigenvalue weighted by atomic mass is 32.2. The Morgan fingerprint density at radius 2 is 2.24 bits per heavy atom. The van der Waals surface area contributed by atoms with Crippen molar-refractivity contribution in [2.45, 2.75) is 51.2 Å². The lowest BCUT2D eigenvalue weighted by atomic mass is 9.81. The highest BCUT2D eigenvalue weighted by Crippen LogP contribution is 2.51. The number of amides is 1. The van der Waals surface area contributed by atoms with Crippen molar-refractivity contribution in [3.63, 3.8) is 0 Å². The molecule has 1 aliphatic heterocycles. The predicted octanol–water partition coefficient (Wildman–Crippen LogP) is 4.03. The maximum atomic E-state index is 14.6. The number of ether oxygens (including phenoxy) is 1. The van der Waals surface area contributed by atoms with Gasteiger partial charge in [-0.3, -0.25) is 10.3 Å². The number of benzene rings is 1.